The summed E-state index contributed by atoms with van der Waals surface area (Å²) in [5.74, 6) is 0.622. The number of rotatable bonds is 8. The lowest BCUT2D eigenvalue weighted by molar-refractivity contribution is -0.120. The second kappa shape index (κ2) is 9.67. The minimum absolute atomic E-state index is 0.0211. The Labute approximate surface area is 176 Å². The Bertz CT molecular complexity index is 846. The summed E-state index contributed by atoms with van der Waals surface area (Å²) in [6.07, 6.45) is 3.96. The van der Waals surface area contributed by atoms with E-state index in [0.717, 1.165) is 36.7 Å². The first-order valence-electron chi connectivity index (χ1n) is 10.2. The van der Waals surface area contributed by atoms with E-state index < -0.39 is 0 Å². The first-order chi connectivity index (χ1) is 13.9. The number of aryl methyl sites for hydroxylation is 1. The topological polar surface area (TPSA) is 74.6 Å². The fourth-order valence-electron chi connectivity index (χ4n) is 3.73. The average Bonchev–Trinajstić information content (AvgIpc) is 2.99. The van der Waals surface area contributed by atoms with Gasteiger partial charge in [0.25, 0.3) is 6.01 Å². The van der Waals surface area contributed by atoms with Crippen LogP contribution in [0.15, 0.2) is 12.1 Å². The van der Waals surface area contributed by atoms with Crippen molar-refractivity contribution < 1.29 is 19.0 Å². The molecule has 0 saturated heterocycles. The molecule has 0 bridgehead atoms. The molecule has 1 heterocycles. The van der Waals surface area contributed by atoms with Crippen LogP contribution in [0.4, 0.5) is 0 Å². The van der Waals surface area contributed by atoms with Gasteiger partial charge in [-0.05, 0) is 51.7 Å². The van der Waals surface area contributed by atoms with Crippen LogP contribution >= 0.6 is 11.6 Å². The van der Waals surface area contributed by atoms with Crippen molar-refractivity contribution in [2.75, 3.05) is 13.2 Å². The van der Waals surface area contributed by atoms with Gasteiger partial charge < -0.3 is 19.5 Å². The highest BCUT2D eigenvalue weighted by Gasteiger charge is 2.25. The lowest BCUT2D eigenvalue weighted by atomic mass is 9.95. The van der Waals surface area contributed by atoms with E-state index in [9.17, 15) is 4.79 Å². The maximum Gasteiger partial charge on any atom is 0.297 e. The average molecular weight is 424 g/mol. The van der Waals surface area contributed by atoms with Gasteiger partial charge in [0, 0.05) is 20.0 Å². The zero-order valence-corrected chi connectivity index (χ0v) is 18.3. The summed E-state index contributed by atoms with van der Waals surface area (Å²) in [5, 5.41) is 3.39. The fourth-order valence-corrected chi connectivity index (χ4v) is 4.07. The van der Waals surface area contributed by atoms with Crippen LogP contribution in [0.2, 0.25) is 5.02 Å². The first-order valence-corrected chi connectivity index (χ1v) is 10.6. The Morgan fingerprint density at radius 1 is 1.31 bits per heavy atom. The maximum atomic E-state index is 11.1. The number of fused-ring (bicyclic) bond motifs is 1. The lowest BCUT2D eigenvalue weighted by Gasteiger charge is -2.29. The number of nitrogens with zero attached hydrogens (tertiary/aromatic N) is 2. The van der Waals surface area contributed by atoms with Crippen LogP contribution in [0.25, 0.3) is 11.0 Å². The molecule has 0 spiro atoms. The number of carbonyl (C=O) groups excluding carboxylic acids is 1. The molecule has 0 radical (unpaired) electrons. The van der Waals surface area contributed by atoms with Gasteiger partial charge in [-0.25, -0.2) is 0 Å². The van der Waals surface area contributed by atoms with E-state index in [1.807, 2.05) is 37.6 Å². The summed E-state index contributed by atoms with van der Waals surface area (Å²) < 4.78 is 19.6. The molecule has 1 atom stereocenters. The molecule has 29 heavy (non-hydrogen) atoms. The second-order valence-electron chi connectivity index (χ2n) is 7.58. The molecule has 7 nitrogen and oxygen atoms in total. The summed E-state index contributed by atoms with van der Waals surface area (Å²) in [4.78, 5) is 15.7. The van der Waals surface area contributed by atoms with Crippen LogP contribution in [0.1, 0.15) is 46.5 Å². The zero-order valence-electron chi connectivity index (χ0n) is 17.5. The van der Waals surface area contributed by atoms with Crippen LogP contribution in [-0.2, 0) is 16.6 Å². The van der Waals surface area contributed by atoms with Crippen LogP contribution in [0.5, 0.6) is 11.8 Å². The van der Waals surface area contributed by atoms with Crippen molar-refractivity contribution in [3.8, 4) is 11.8 Å². The first kappa shape index (κ1) is 21.7. The predicted molar refractivity (Wildman–Crippen MR) is 113 cm³/mol. The van der Waals surface area contributed by atoms with Crippen molar-refractivity contribution >= 4 is 28.5 Å². The number of carbonyl (C=O) groups is 1. The van der Waals surface area contributed by atoms with Gasteiger partial charge in [0.05, 0.1) is 30.4 Å². The molecule has 1 aliphatic rings. The summed E-state index contributed by atoms with van der Waals surface area (Å²) >= 11 is 6.51. The van der Waals surface area contributed by atoms with Gasteiger partial charge in [0.1, 0.15) is 16.9 Å². The van der Waals surface area contributed by atoms with Gasteiger partial charge in [-0.15, -0.1) is 0 Å². The standard InChI is InChI=1S/C21H30ClN3O4/c1-5-27-18-11-10-17-20(19(18)22)25(4)21(24-17)29-16-8-6-15(7-9-16)28-12-13(2)23-14(3)26/h10-11,13,15-16H,5-9,12H2,1-4H3,(H,23,26)/t13-,15-,16-/m0/s1. The van der Waals surface area contributed by atoms with Gasteiger partial charge in [-0.3, -0.25) is 9.36 Å². The Hall–Kier alpha value is -1.99. The molecule has 0 unspecified atom stereocenters. The third-order valence-corrected chi connectivity index (χ3v) is 5.49. The molecular formula is C21H30ClN3O4. The van der Waals surface area contributed by atoms with Crippen molar-refractivity contribution in [1.29, 1.82) is 0 Å². The van der Waals surface area contributed by atoms with E-state index in [1.165, 1.54) is 6.92 Å². The number of imidazole rings is 1. The van der Waals surface area contributed by atoms with Crippen LogP contribution in [0, 0.1) is 0 Å². The Balaban J connectivity index is 1.56. The number of aromatic nitrogens is 2. The predicted octanol–water partition coefficient (Wildman–Crippen LogP) is 3.86. The van der Waals surface area contributed by atoms with Crippen LogP contribution < -0.4 is 14.8 Å². The van der Waals surface area contributed by atoms with E-state index in [0.29, 0.717) is 30.0 Å². The van der Waals surface area contributed by atoms with Crippen molar-refractivity contribution in [2.24, 2.45) is 7.05 Å². The summed E-state index contributed by atoms with van der Waals surface area (Å²) in [6.45, 7) is 6.48. The zero-order chi connectivity index (χ0) is 21.0. The fraction of sp³-hybridized carbons (Fsp3) is 0.619. The van der Waals surface area contributed by atoms with Crippen molar-refractivity contribution in [3.63, 3.8) is 0 Å². The highest BCUT2D eigenvalue weighted by molar-refractivity contribution is 6.36. The van der Waals surface area contributed by atoms with E-state index in [2.05, 4.69) is 10.3 Å². The smallest absolute Gasteiger partial charge is 0.297 e. The molecule has 3 rings (SSSR count). The van der Waals surface area contributed by atoms with Gasteiger partial charge in [-0.1, -0.05) is 11.6 Å². The number of ether oxygens (including phenoxy) is 3. The van der Waals surface area contributed by atoms with E-state index in [-0.39, 0.29) is 24.2 Å². The molecule has 160 valence electrons. The van der Waals surface area contributed by atoms with Gasteiger partial charge in [-0.2, -0.15) is 4.98 Å². The number of nitrogens with one attached hydrogen (secondary N) is 1. The van der Waals surface area contributed by atoms with Crippen molar-refractivity contribution in [1.82, 2.24) is 14.9 Å². The Kier molecular flexibility index (Phi) is 7.24. The molecule has 1 fully saturated rings. The molecule has 0 aliphatic heterocycles. The molecule has 2 aromatic rings. The SMILES string of the molecule is CCOc1ccc2nc(O[C@H]3CC[C@H](OC[C@H](C)NC(C)=O)CC3)n(C)c2c1Cl. The maximum absolute atomic E-state index is 11.1. The number of benzene rings is 1. The van der Waals surface area contributed by atoms with Gasteiger partial charge >= 0.3 is 0 Å². The molecule has 1 amide bonds. The summed E-state index contributed by atoms with van der Waals surface area (Å²) in [6, 6.07) is 4.34. The number of hydrogen-bond donors (Lipinski definition) is 1. The number of amides is 1. The van der Waals surface area contributed by atoms with Crippen LogP contribution in [-0.4, -0.2) is 46.9 Å². The number of hydrogen-bond acceptors (Lipinski definition) is 5. The van der Waals surface area contributed by atoms with Gasteiger partial charge in [0.15, 0.2) is 0 Å². The molecular weight excluding hydrogens is 394 g/mol. The third kappa shape index (κ3) is 5.34. The van der Waals surface area contributed by atoms with E-state index in [1.54, 1.807) is 0 Å². The highest BCUT2D eigenvalue weighted by Crippen LogP contribution is 2.35. The monoisotopic (exact) mass is 423 g/mol. The van der Waals surface area contributed by atoms with E-state index in [4.69, 9.17) is 25.8 Å². The Morgan fingerprint density at radius 2 is 2.00 bits per heavy atom. The molecule has 1 saturated carbocycles. The minimum atomic E-state index is -0.0332. The molecule has 1 aromatic heterocycles. The van der Waals surface area contributed by atoms with Crippen LogP contribution in [0.3, 0.4) is 0 Å². The van der Waals surface area contributed by atoms with Crippen molar-refractivity contribution in [3.05, 3.63) is 17.2 Å². The Morgan fingerprint density at radius 3 is 2.66 bits per heavy atom. The van der Waals surface area contributed by atoms with Gasteiger partial charge in [0.2, 0.25) is 5.91 Å². The van der Waals surface area contributed by atoms with Crippen molar-refractivity contribution in [2.45, 2.75) is 64.7 Å². The lowest BCUT2D eigenvalue weighted by Crippen LogP contribution is -2.37. The quantitative estimate of drug-likeness (QED) is 0.697. The molecule has 8 heteroatoms. The third-order valence-electron chi connectivity index (χ3n) is 5.12. The summed E-state index contributed by atoms with van der Waals surface area (Å²) in [7, 11) is 1.91. The van der Waals surface area contributed by atoms with E-state index >= 15 is 0 Å². The number of halogens is 1. The summed E-state index contributed by atoms with van der Waals surface area (Å²) in [5.41, 5.74) is 1.61. The normalized spacial score (nSPS) is 20.4. The molecule has 1 aromatic carbocycles. The molecule has 1 aliphatic carbocycles. The largest absolute Gasteiger partial charge is 0.492 e. The molecule has 1 N–H and O–H groups in total. The second-order valence-corrected chi connectivity index (χ2v) is 7.96. The minimum Gasteiger partial charge on any atom is -0.492 e. The highest BCUT2D eigenvalue weighted by atomic mass is 35.5.